The Labute approximate surface area is 166 Å². The molecule has 4 nitrogen and oxygen atoms in total. The SMILES string of the molecule is CCCCN1CCN(C2=c3ccccc3=NCc3cc4ccccc4n32)CC1. The predicted molar refractivity (Wildman–Crippen MR) is 115 cm³/mol. The van der Waals surface area contributed by atoms with Gasteiger partial charge in [-0.3, -0.25) is 14.5 Å². The molecule has 1 fully saturated rings. The molecule has 0 spiro atoms. The molecule has 5 rings (SSSR count). The van der Waals surface area contributed by atoms with E-state index in [4.69, 9.17) is 4.99 Å². The molecule has 2 aliphatic rings. The van der Waals surface area contributed by atoms with Crippen LogP contribution in [0.4, 0.5) is 0 Å². The van der Waals surface area contributed by atoms with Crippen LogP contribution in [0.5, 0.6) is 0 Å². The monoisotopic (exact) mass is 372 g/mol. The smallest absolute Gasteiger partial charge is 0.123 e. The Hall–Kier alpha value is -2.59. The topological polar surface area (TPSA) is 23.8 Å². The predicted octanol–water partition coefficient (Wildman–Crippen LogP) is 2.81. The van der Waals surface area contributed by atoms with Gasteiger partial charge in [0.1, 0.15) is 5.82 Å². The standard InChI is InChI=1S/C24H28N4/c1-2-3-12-26-13-15-27(16-14-26)24-21-9-5-6-10-22(21)25-18-20-17-19-8-4-7-11-23(19)28(20)24/h4-11,17H,2-3,12-16,18H2,1H3. The second-order valence-electron chi connectivity index (χ2n) is 7.87. The van der Waals surface area contributed by atoms with E-state index in [-0.39, 0.29) is 0 Å². The van der Waals surface area contributed by atoms with Crippen molar-refractivity contribution < 1.29 is 0 Å². The maximum Gasteiger partial charge on any atom is 0.123 e. The van der Waals surface area contributed by atoms with Crippen molar-refractivity contribution in [3.63, 3.8) is 0 Å². The Morgan fingerprint density at radius 3 is 2.57 bits per heavy atom. The molecular weight excluding hydrogens is 344 g/mol. The van der Waals surface area contributed by atoms with E-state index in [2.05, 4.69) is 75.9 Å². The van der Waals surface area contributed by atoms with Crippen LogP contribution >= 0.6 is 0 Å². The maximum absolute atomic E-state index is 4.95. The number of hydrogen-bond acceptors (Lipinski definition) is 3. The highest BCUT2D eigenvalue weighted by Gasteiger charge is 2.24. The van der Waals surface area contributed by atoms with Crippen LogP contribution in [0.3, 0.4) is 0 Å². The van der Waals surface area contributed by atoms with E-state index in [0.717, 1.165) is 38.1 Å². The lowest BCUT2D eigenvalue weighted by atomic mass is 10.2. The van der Waals surface area contributed by atoms with E-state index in [9.17, 15) is 0 Å². The first kappa shape index (κ1) is 17.5. The molecule has 0 amide bonds. The number of fused-ring (bicyclic) bond motifs is 4. The molecule has 2 aromatic carbocycles. The molecule has 144 valence electrons. The molecule has 2 aliphatic heterocycles. The summed E-state index contributed by atoms with van der Waals surface area (Å²) in [6.45, 7) is 8.64. The van der Waals surface area contributed by atoms with Crippen LogP contribution < -0.4 is 10.6 Å². The molecule has 0 saturated carbocycles. The molecule has 0 aliphatic carbocycles. The van der Waals surface area contributed by atoms with Gasteiger partial charge in [-0.1, -0.05) is 43.7 Å². The van der Waals surface area contributed by atoms with Gasteiger partial charge in [-0.25, -0.2) is 0 Å². The molecule has 0 atom stereocenters. The van der Waals surface area contributed by atoms with Crippen LogP contribution in [0.2, 0.25) is 0 Å². The van der Waals surface area contributed by atoms with Gasteiger partial charge in [0.25, 0.3) is 0 Å². The Bertz CT molecular complexity index is 1100. The fraction of sp³-hybridized carbons (Fsp3) is 0.375. The minimum Gasteiger partial charge on any atom is -0.355 e. The van der Waals surface area contributed by atoms with Gasteiger partial charge in [-0.2, -0.15) is 0 Å². The molecule has 1 aromatic heterocycles. The summed E-state index contributed by atoms with van der Waals surface area (Å²) >= 11 is 0. The van der Waals surface area contributed by atoms with Gasteiger partial charge in [0.05, 0.1) is 17.4 Å². The highest BCUT2D eigenvalue weighted by Crippen LogP contribution is 2.26. The van der Waals surface area contributed by atoms with Crippen molar-refractivity contribution in [2.75, 3.05) is 32.7 Å². The molecule has 3 aromatic rings. The first-order valence-corrected chi connectivity index (χ1v) is 10.6. The zero-order chi connectivity index (χ0) is 18.9. The van der Waals surface area contributed by atoms with Crippen molar-refractivity contribution >= 4 is 16.7 Å². The Morgan fingerprint density at radius 2 is 1.71 bits per heavy atom. The summed E-state index contributed by atoms with van der Waals surface area (Å²) in [5, 5.41) is 3.66. The molecule has 0 N–H and O–H groups in total. The molecule has 0 unspecified atom stereocenters. The molecule has 28 heavy (non-hydrogen) atoms. The molecular formula is C24H28N4. The van der Waals surface area contributed by atoms with Crippen LogP contribution in [-0.2, 0) is 6.54 Å². The lowest BCUT2D eigenvalue weighted by molar-refractivity contribution is 0.169. The summed E-state index contributed by atoms with van der Waals surface area (Å²) < 4.78 is 2.46. The quantitative estimate of drug-likeness (QED) is 0.703. The third-order valence-corrected chi connectivity index (χ3v) is 6.05. The van der Waals surface area contributed by atoms with E-state index >= 15 is 0 Å². The number of nitrogens with zero attached hydrogens (tertiary/aromatic N) is 4. The second-order valence-corrected chi connectivity index (χ2v) is 7.87. The summed E-state index contributed by atoms with van der Waals surface area (Å²) in [7, 11) is 0. The van der Waals surface area contributed by atoms with E-state index < -0.39 is 0 Å². The van der Waals surface area contributed by atoms with Crippen molar-refractivity contribution in [1.29, 1.82) is 0 Å². The Morgan fingerprint density at radius 1 is 0.929 bits per heavy atom. The molecule has 0 bridgehead atoms. The first-order valence-electron chi connectivity index (χ1n) is 10.6. The number of aromatic nitrogens is 1. The van der Waals surface area contributed by atoms with E-state index in [1.807, 2.05) is 0 Å². The maximum atomic E-state index is 4.95. The average Bonchev–Trinajstić information content (AvgIpc) is 3.02. The van der Waals surface area contributed by atoms with Crippen molar-refractivity contribution in [1.82, 2.24) is 14.4 Å². The summed E-state index contributed by atoms with van der Waals surface area (Å²) in [5.41, 5.74) is 2.56. The highest BCUT2D eigenvalue weighted by atomic mass is 15.3. The van der Waals surface area contributed by atoms with Crippen LogP contribution in [0, 0.1) is 0 Å². The minimum absolute atomic E-state index is 0.728. The summed E-state index contributed by atoms with van der Waals surface area (Å²) in [4.78, 5) is 10.1. The second kappa shape index (κ2) is 7.44. The van der Waals surface area contributed by atoms with Crippen LogP contribution in [0.1, 0.15) is 25.5 Å². The van der Waals surface area contributed by atoms with Crippen LogP contribution in [-0.4, -0.2) is 47.1 Å². The average molecular weight is 373 g/mol. The van der Waals surface area contributed by atoms with Gasteiger partial charge in [-0.15, -0.1) is 0 Å². The highest BCUT2D eigenvalue weighted by molar-refractivity contribution is 5.84. The Kier molecular flexibility index (Phi) is 4.65. The van der Waals surface area contributed by atoms with Gasteiger partial charge in [-0.05, 0) is 37.2 Å². The third-order valence-electron chi connectivity index (χ3n) is 6.05. The molecule has 4 heteroatoms. The van der Waals surface area contributed by atoms with E-state index in [1.54, 1.807) is 0 Å². The fourth-order valence-electron chi connectivity index (χ4n) is 4.54. The largest absolute Gasteiger partial charge is 0.355 e. The normalized spacial score (nSPS) is 17.2. The molecule has 1 saturated heterocycles. The number of unbranched alkanes of at least 4 members (excludes halogenated alkanes) is 1. The van der Waals surface area contributed by atoms with Crippen molar-refractivity contribution in [2.24, 2.45) is 4.99 Å². The van der Waals surface area contributed by atoms with Gasteiger partial charge >= 0.3 is 0 Å². The minimum atomic E-state index is 0.728. The number of piperazine rings is 1. The van der Waals surface area contributed by atoms with Crippen molar-refractivity contribution in [3.8, 4) is 0 Å². The van der Waals surface area contributed by atoms with Crippen LogP contribution in [0.25, 0.3) is 16.7 Å². The van der Waals surface area contributed by atoms with Gasteiger partial charge in [0.15, 0.2) is 0 Å². The van der Waals surface area contributed by atoms with Gasteiger partial charge in [0, 0.05) is 42.5 Å². The molecule has 0 radical (unpaired) electrons. The lowest BCUT2D eigenvalue weighted by Gasteiger charge is -2.38. The zero-order valence-corrected chi connectivity index (χ0v) is 16.6. The first-order chi connectivity index (χ1) is 13.8. The number of benzene rings is 2. The number of rotatable bonds is 4. The fourth-order valence-corrected chi connectivity index (χ4v) is 4.54. The summed E-state index contributed by atoms with van der Waals surface area (Å²) in [6.07, 6.45) is 2.57. The molecule has 3 heterocycles. The lowest BCUT2D eigenvalue weighted by Crippen LogP contribution is -2.49. The zero-order valence-electron chi connectivity index (χ0n) is 16.6. The third kappa shape index (κ3) is 3.02. The van der Waals surface area contributed by atoms with Gasteiger partial charge in [0.2, 0.25) is 0 Å². The van der Waals surface area contributed by atoms with E-state index in [1.165, 1.54) is 47.0 Å². The number of hydrogen-bond donors (Lipinski definition) is 0. The summed E-state index contributed by atoms with van der Waals surface area (Å²) in [5.74, 6) is 1.31. The van der Waals surface area contributed by atoms with Crippen molar-refractivity contribution in [3.05, 3.63) is 70.9 Å². The van der Waals surface area contributed by atoms with E-state index in [0.29, 0.717) is 0 Å². The van der Waals surface area contributed by atoms with Gasteiger partial charge < -0.3 is 4.90 Å². The van der Waals surface area contributed by atoms with Crippen molar-refractivity contribution in [2.45, 2.75) is 26.3 Å². The number of para-hydroxylation sites is 2. The Balaban J connectivity index is 1.63. The van der Waals surface area contributed by atoms with Crippen LogP contribution in [0.15, 0.2) is 59.6 Å². The summed E-state index contributed by atoms with van der Waals surface area (Å²) in [6, 6.07) is 19.7.